The second kappa shape index (κ2) is 7.45. The molecule has 26 heavy (non-hydrogen) atoms. The molecule has 1 aromatic heterocycles. The Hall–Kier alpha value is -3.72. The maximum Gasteiger partial charge on any atom is 0.276 e. The highest BCUT2D eigenvalue weighted by atomic mass is 16.2. The van der Waals surface area contributed by atoms with Crippen LogP contribution in [0.1, 0.15) is 27.2 Å². The normalized spacial score (nSPS) is 10.2. The van der Waals surface area contributed by atoms with Crippen molar-refractivity contribution in [2.75, 3.05) is 5.32 Å². The van der Waals surface area contributed by atoms with Crippen molar-refractivity contribution in [1.82, 2.24) is 9.78 Å². The number of carbonyl (C=O) groups is 1. The number of rotatable bonds is 4. The molecule has 0 aliphatic rings. The van der Waals surface area contributed by atoms with Gasteiger partial charge in [-0.3, -0.25) is 9.59 Å². The predicted octanol–water partition coefficient (Wildman–Crippen LogP) is 2.72. The first-order valence-corrected chi connectivity index (χ1v) is 8.00. The first-order valence-electron chi connectivity index (χ1n) is 8.00. The molecule has 2 aromatic carbocycles. The fraction of sp³-hybridized carbons (Fsp3) is 0.100. The average Bonchev–Trinajstić information content (AvgIpc) is 2.65. The number of hydrogen-bond acceptors (Lipinski definition) is 4. The molecule has 0 bridgehead atoms. The highest BCUT2D eigenvalue weighted by molar-refractivity contribution is 6.02. The van der Waals surface area contributed by atoms with E-state index >= 15 is 0 Å². The number of aryl methyl sites for hydroxylation is 1. The zero-order valence-electron chi connectivity index (χ0n) is 14.1. The van der Waals surface area contributed by atoms with Gasteiger partial charge in [-0.2, -0.15) is 10.4 Å². The first-order chi connectivity index (χ1) is 12.5. The maximum atomic E-state index is 12.4. The Bertz CT molecular complexity index is 1050. The van der Waals surface area contributed by atoms with Crippen LogP contribution in [0.15, 0.2) is 65.5 Å². The quantitative estimate of drug-likeness (QED) is 0.788. The lowest BCUT2D eigenvalue weighted by molar-refractivity contribution is 0.102. The van der Waals surface area contributed by atoms with E-state index in [9.17, 15) is 9.59 Å². The zero-order chi connectivity index (χ0) is 18.5. The van der Waals surface area contributed by atoms with E-state index in [1.54, 1.807) is 24.3 Å². The summed E-state index contributed by atoms with van der Waals surface area (Å²) in [5.41, 5.74) is 2.83. The van der Waals surface area contributed by atoms with Crippen molar-refractivity contribution in [2.45, 2.75) is 13.5 Å². The average molecular weight is 344 g/mol. The summed E-state index contributed by atoms with van der Waals surface area (Å²) in [6.45, 7) is 2.27. The lowest BCUT2D eigenvalue weighted by atomic mass is 10.1. The van der Waals surface area contributed by atoms with Gasteiger partial charge in [0.25, 0.3) is 11.5 Å². The molecular formula is C20H16N4O2. The topological polar surface area (TPSA) is 87.8 Å². The van der Waals surface area contributed by atoms with Crippen molar-refractivity contribution in [2.24, 2.45) is 0 Å². The Labute approximate surface area is 150 Å². The molecule has 3 aromatic rings. The van der Waals surface area contributed by atoms with Crippen molar-refractivity contribution in [1.29, 1.82) is 5.26 Å². The number of nitriles is 1. The van der Waals surface area contributed by atoms with Crippen LogP contribution in [0.4, 0.5) is 5.69 Å². The van der Waals surface area contributed by atoms with Gasteiger partial charge in [-0.15, -0.1) is 0 Å². The molecule has 1 heterocycles. The van der Waals surface area contributed by atoms with Crippen LogP contribution in [0.3, 0.4) is 0 Å². The standard InChI is InChI=1S/C20H16N4O2/c1-14-5-7-15(8-6-14)13-24-19(25)10-9-18(23-24)20(26)22-17-4-2-3-16(11-17)12-21/h2-11H,13H2,1H3,(H,22,26). The van der Waals surface area contributed by atoms with E-state index in [2.05, 4.69) is 10.4 Å². The van der Waals surface area contributed by atoms with Gasteiger partial charge in [0.15, 0.2) is 0 Å². The van der Waals surface area contributed by atoms with Gasteiger partial charge in [0.05, 0.1) is 18.2 Å². The number of carbonyl (C=O) groups excluding carboxylic acids is 1. The molecule has 6 nitrogen and oxygen atoms in total. The SMILES string of the molecule is Cc1ccc(Cn2nc(C(=O)Nc3cccc(C#N)c3)ccc2=O)cc1. The van der Waals surface area contributed by atoms with Gasteiger partial charge in [-0.1, -0.05) is 35.9 Å². The lowest BCUT2D eigenvalue weighted by Crippen LogP contribution is -2.26. The van der Waals surface area contributed by atoms with E-state index in [4.69, 9.17) is 5.26 Å². The summed E-state index contributed by atoms with van der Waals surface area (Å²) in [5.74, 6) is -0.447. The summed E-state index contributed by atoms with van der Waals surface area (Å²) in [7, 11) is 0. The molecule has 0 spiro atoms. The molecule has 1 N–H and O–H groups in total. The highest BCUT2D eigenvalue weighted by Crippen LogP contribution is 2.11. The zero-order valence-corrected chi connectivity index (χ0v) is 14.1. The Morgan fingerprint density at radius 3 is 2.65 bits per heavy atom. The highest BCUT2D eigenvalue weighted by Gasteiger charge is 2.11. The Kier molecular flexibility index (Phi) is 4.90. The molecule has 0 radical (unpaired) electrons. The van der Waals surface area contributed by atoms with E-state index in [1.165, 1.54) is 16.8 Å². The number of nitrogens with one attached hydrogen (secondary N) is 1. The number of nitrogens with zero attached hydrogens (tertiary/aromatic N) is 3. The molecule has 1 amide bonds. The number of benzene rings is 2. The third kappa shape index (κ3) is 4.02. The third-order valence-corrected chi connectivity index (χ3v) is 3.80. The summed E-state index contributed by atoms with van der Waals surface area (Å²) in [6.07, 6.45) is 0. The van der Waals surface area contributed by atoms with E-state index < -0.39 is 5.91 Å². The van der Waals surface area contributed by atoms with Crippen LogP contribution in [0.5, 0.6) is 0 Å². The van der Waals surface area contributed by atoms with Crippen LogP contribution < -0.4 is 10.9 Å². The van der Waals surface area contributed by atoms with Gasteiger partial charge in [0.2, 0.25) is 0 Å². The molecule has 0 saturated heterocycles. The number of amides is 1. The molecule has 3 rings (SSSR count). The summed E-state index contributed by atoms with van der Waals surface area (Å²) in [5, 5.41) is 15.8. The Morgan fingerprint density at radius 2 is 1.92 bits per heavy atom. The minimum Gasteiger partial charge on any atom is -0.321 e. The van der Waals surface area contributed by atoms with Gasteiger partial charge in [0, 0.05) is 11.8 Å². The molecular weight excluding hydrogens is 328 g/mol. The van der Waals surface area contributed by atoms with Gasteiger partial charge in [-0.25, -0.2) is 4.68 Å². The smallest absolute Gasteiger partial charge is 0.276 e. The van der Waals surface area contributed by atoms with Gasteiger partial charge < -0.3 is 5.32 Å². The minimum absolute atomic E-state index is 0.124. The van der Waals surface area contributed by atoms with E-state index in [0.717, 1.165) is 11.1 Å². The summed E-state index contributed by atoms with van der Waals surface area (Å²) >= 11 is 0. The van der Waals surface area contributed by atoms with Crippen molar-refractivity contribution in [3.63, 3.8) is 0 Å². The molecule has 0 saturated carbocycles. The fourth-order valence-corrected chi connectivity index (χ4v) is 2.41. The predicted molar refractivity (Wildman–Crippen MR) is 97.9 cm³/mol. The minimum atomic E-state index is -0.447. The third-order valence-electron chi connectivity index (χ3n) is 3.80. The van der Waals surface area contributed by atoms with Crippen LogP contribution in [-0.4, -0.2) is 15.7 Å². The summed E-state index contributed by atoms with van der Waals surface area (Å²) < 4.78 is 1.26. The second-order valence-electron chi connectivity index (χ2n) is 5.85. The van der Waals surface area contributed by atoms with E-state index in [1.807, 2.05) is 37.3 Å². The largest absolute Gasteiger partial charge is 0.321 e. The van der Waals surface area contributed by atoms with Crippen LogP contribution in [0.25, 0.3) is 0 Å². The van der Waals surface area contributed by atoms with Gasteiger partial charge >= 0.3 is 0 Å². The van der Waals surface area contributed by atoms with Crippen molar-refractivity contribution >= 4 is 11.6 Å². The molecule has 0 aliphatic heterocycles. The van der Waals surface area contributed by atoms with Crippen molar-refractivity contribution in [3.8, 4) is 6.07 Å². The molecule has 0 fully saturated rings. The van der Waals surface area contributed by atoms with Gasteiger partial charge in [0.1, 0.15) is 5.69 Å². The monoisotopic (exact) mass is 344 g/mol. The number of aromatic nitrogens is 2. The van der Waals surface area contributed by atoms with Crippen molar-refractivity contribution in [3.05, 3.63) is 93.4 Å². The fourth-order valence-electron chi connectivity index (χ4n) is 2.41. The molecule has 0 atom stereocenters. The second-order valence-corrected chi connectivity index (χ2v) is 5.85. The molecule has 6 heteroatoms. The van der Waals surface area contributed by atoms with Crippen LogP contribution >= 0.6 is 0 Å². The Balaban J connectivity index is 1.82. The molecule has 0 unspecified atom stereocenters. The first kappa shape index (κ1) is 17.1. The van der Waals surface area contributed by atoms with Gasteiger partial charge in [-0.05, 0) is 36.8 Å². The molecule has 128 valence electrons. The van der Waals surface area contributed by atoms with Crippen LogP contribution in [-0.2, 0) is 6.54 Å². The number of hydrogen-bond donors (Lipinski definition) is 1. The maximum absolute atomic E-state index is 12.4. The van der Waals surface area contributed by atoms with Crippen LogP contribution in [0, 0.1) is 18.3 Å². The van der Waals surface area contributed by atoms with E-state index in [-0.39, 0.29) is 17.8 Å². The lowest BCUT2D eigenvalue weighted by Gasteiger charge is -2.08. The Morgan fingerprint density at radius 1 is 1.15 bits per heavy atom. The summed E-state index contributed by atoms with van der Waals surface area (Å²) in [6, 6.07) is 19.1. The van der Waals surface area contributed by atoms with E-state index in [0.29, 0.717) is 11.3 Å². The number of anilines is 1. The molecule has 0 aliphatic carbocycles. The van der Waals surface area contributed by atoms with Crippen molar-refractivity contribution < 1.29 is 4.79 Å². The van der Waals surface area contributed by atoms with Crippen LogP contribution in [0.2, 0.25) is 0 Å². The summed E-state index contributed by atoms with van der Waals surface area (Å²) in [4.78, 5) is 24.4.